The van der Waals surface area contributed by atoms with Crippen molar-refractivity contribution in [1.82, 2.24) is 5.32 Å². The van der Waals surface area contributed by atoms with E-state index in [9.17, 15) is 9.69 Å². The van der Waals surface area contributed by atoms with Crippen LogP contribution in [0.2, 0.25) is 0 Å². The maximum absolute atomic E-state index is 12.7. The van der Waals surface area contributed by atoms with Gasteiger partial charge < -0.3 is 14.6 Å². The van der Waals surface area contributed by atoms with Crippen LogP contribution in [0.4, 0.5) is 0 Å². The molecule has 2 atom stereocenters. The molecule has 0 fully saturated rings. The molecule has 2 heterocycles. The molecule has 1 unspecified atom stereocenters. The van der Waals surface area contributed by atoms with Gasteiger partial charge in [-0.1, -0.05) is 44.2 Å². The third kappa shape index (κ3) is 7.73. The highest BCUT2D eigenvalue weighted by Crippen LogP contribution is 2.27. The first-order chi connectivity index (χ1) is 15.0. The van der Waals surface area contributed by atoms with E-state index in [0.29, 0.717) is 25.0 Å². The number of furan rings is 1. The molecule has 1 amide bonds. The molecule has 3 aromatic rings. The number of aryl methyl sites for hydroxylation is 1. The highest BCUT2D eigenvalue weighted by atomic mass is 32.1. The molecule has 0 bridgehead atoms. The van der Waals surface area contributed by atoms with Crippen LogP contribution in [-0.2, 0) is 17.4 Å². The molecule has 0 aliphatic heterocycles. The molecule has 0 aliphatic carbocycles. The molecule has 31 heavy (non-hydrogen) atoms. The first-order valence-corrected chi connectivity index (χ1v) is 12.9. The summed E-state index contributed by atoms with van der Waals surface area (Å²) in [6, 6.07) is 13.7. The quantitative estimate of drug-likeness (QED) is 0.301. The Morgan fingerprint density at radius 1 is 1.19 bits per heavy atom. The van der Waals surface area contributed by atoms with Crippen LogP contribution in [0.3, 0.4) is 0 Å². The minimum Gasteiger partial charge on any atom is -0.612 e. The minimum atomic E-state index is -1.79. The van der Waals surface area contributed by atoms with Crippen LogP contribution in [0.1, 0.15) is 37.1 Å². The lowest BCUT2D eigenvalue weighted by molar-refractivity contribution is -0.156. The molecular weight excluding hydrogens is 427 g/mol. The predicted octanol–water partition coefficient (Wildman–Crippen LogP) is 5.61. The fraction of sp³-hybridized carbons (Fsp3) is 0.375. The Bertz CT molecular complexity index is 951. The van der Waals surface area contributed by atoms with Crippen molar-refractivity contribution in [3.05, 3.63) is 70.8 Å². The summed E-state index contributed by atoms with van der Waals surface area (Å²) in [5.41, 5.74) is 3.42. The monoisotopic (exact) mass is 456 g/mol. The summed E-state index contributed by atoms with van der Waals surface area (Å²) < 4.78 is 9.49. The van der Waals surface area contributed by atoms with Gasteiger partial charge in [0.05, 0.1) is 17.4 Å². The molecule has 0 aliphatic rings. The van der Waals surface area contributed by atoms with Crippen molar-refractivity contribution in [3.8, 4) is 11.1 Å². The number of hydrogen-bond acceptors (Lipinski definition) is 5. The van der Waals surface area contributed by atoms with E-state index in [2.05, 4.69) is 48.2 Å². The van der Waals surface area contributed by atoms with Crippen LogP contribution in [0.25, 0.3) is 11.1 Å². The fourth-order valence-electron chi connectivity index (χ4n) is 3.30. The molecule has 0 radical (unpaired) electrons. The topological polar surface area (TPSA) is 77.7 Å². The predicted molar refractivity (Wildman–Crippen MR) is 126 cm³/mol. The highest BCUT2D eigenvalue weighted by Gasteiger charge is 2.22. The SMILES string of the molecule is CC(C)C[C@H](N=[P+]([O-])Cc1cccs1)C(=O)NCCCc1ccc(-c2ccoc2)cc1. The fourth-order valence-corrected chi connectivity index (χ4v) is 5.38. The van der Waals surface area contributed by atoms with Gasteiger partial charge in [0.25, 0.3) is 0 Å². The first kappa shape index (κ1) is 23.4. The molecule has 0 spiro atoms. The number of nitrogens with zero attached hydrogens (tertiary/aromatic N) is 1. The number of benzene rings is 1. The van der Waals surface area contributed by atoms with Crippen molar-refractivity contribution >= 4 is 25.2 Å². The standard InChI is InChI=1S/C24H29N2O3PS/c1-18(2)15-23(26-30(28)17-22-6-4-14-31-22)24(27)25-12-3-5-19-7-9-20(10-8-19)21-11-13-29-16-21/h4,6-11,13-14,16,18,23H,3,5,12,15,17H2,1-2H3,(H,25,27)/t23-/m0/s1. The summed E-state index contributed by atoms with van der Waals surface area (Å²) in [6.45, 7) is 4.68. The molecule has 5 nitrogen and oxygen atoms in total. The van der Waals surface area contributed by atoms with Crippen molar-refractivity contribution in [1.29, 1.82) is 0 Å². The third-order valence-corrected chi connectivity index (χ3v) is 7.12. The maximum Gasteiger partial charge on any atom is 0.248 e. The van der Waals surface area contributed by atoms with Gasteiger partial charge in [-0.2, -0.15) is 0 Å². The summed E-state index contributed by atoms with van der Waals surface area (Å²) in [5, 5.41) is 4.95. The zero-order valence-corrected chi connectivity index (χ0v) is 19.7. The van der Waals surface area contributed by atoms with E-state index in [-0.39, 0.29) is 5.91 Å². The maximum atomic E-state index is 12.7. The molecule has 3 rings (SSSR count). The van der Waals surface area contributed by atoms with E-state index >= 15 is 0 Å². The molecule has 164 valence electrons. The van der Waals surface area contributed by atoms with Crippen molar-refractivity contribution in [2.45, 2.75) is 45.3 Å². The van der Waals surface area contributed by atoms with Gasteiger partial charge in [-0.05, 0) is 53.8 Å². The van der Waals surface area contributed by atoms with Gasteiger partial charge in [0.15, 0.2) is 20.1 Å². The lowest BCUT2D eigenvalue weighted by Crippen LogP contribution is -2.35. The smallest absolute Gasteiger partial charge is 0.248 e. The Morgan fingerprint density at radius 2 is 2.00 bits per heavy atom. The normalized spacial score (nSPS) is 12.8. The molecule has 0 saturated carbocycles. The summed E-state index contributed by atoms with van der Waals surface area (Å²) in [4.78, 5) is 26.1. The average Bonchev–Trinajstić information content (AvgIpc) is 3.45. The second-order valence-electron chi connectivity index (χ2n) is 7.95. The van der Waals surface area contributed by atoms with E-state index in [4.69, 9.17) is 4.42 Å². The van der Waals surface area contributed by atoms with Crippen LogP contribution < -0.4 is 10.2 Å². The van der Waals surface area contributed by atoms with E-state index < -0.39 is 14.0 Å². The Morgan fingerprint density at radius 3 is 2.65 bits per heavy atom. The van der Waals surface area contributed by atoms with Gasteiger partial charge in [0.1, 0.15) is 0 Å². The second-order valence-corrected chi connectivity index (χ2v) is 10.2. The Balaban J connectivity index is 1.47. The largest absolute Gasteiger partial charge is 0.612 e. The van der Waals surface area contributed by atoms with Gasteiger partial charge in [0, 0.05) is 12.1 Å². The highest BCUT2D eigenvalue weighted by molar-refractivity contribution is 7.39. The zero-order chi connectivity index (χ0) is 22.1. The van der Waals surface area contributed by atoms with E-state index in [1.807, 2.05) is 23.6 Å². The average molecular weight is 457 g/mol. The molecule has 7 heteroatoms. The van der Waals surface area contributed by atoms with Crippen molar-refractivity contribution in [2.75, 3.05) is 6.54 Å². The number of hydrogen-bond donors (Lipinski definition) is 1. The summed E-state index contributed by atoms with van der Waals surface area (Å²) in [5.74, 6) is 0.178. The number of rotatable bonds is 11. The number of carbonyl (C=O) groups excluding carboxylic acids is 1. The number of nitrogens with one attached hydrogen (secondary N) is 1. The van der Waals surface area contributed by atoms with Gasteiger partial charge in [-0.25, -0.2) is 0 Å². The van der Waals surface area contributed by atoms with E-state index in [0.717, 1.165) is 28.8 Å². The number of amides is 1. The van der Waals surface area contributed by atoms with Crippen molar-refractivity contribution in [2.24, 2.45) is 10.7 Å². The van der Waals surface area contributed by atoms with E-state index in [1.165, 1.54) is 5.56 Å². The van der Waals surface area contributed by atoms with Crippen LogP contribution in [0.5, 0.6) is 0 Å². The van der Waals surface area contributed by atoms with Gasteiger partial charge in [0.2, 0.25) is 5.91 Å². The van der Waals surface area contributed by atoms with Crippen LogP contribution in [0, 0.1) is 5.92 Å². The van der Waals surface area contributed by atoms with Crippen molar-refractivity contribution in [3.63, 3.8) is 0 Å². The van der Waals surface area contributed by atoms with Gasteiger partial charge in [-0.15, -0.1) is 16.1 Å². The number of thiophene rings is 1. The lowest BCUT2D eigenvalue weighted by atomic mass is 10.0. The second kappa shape index (κ2) is 11.9. The summed E-state index contributed by atoms with van der Waals surface area (Å²) in [7, 11) is -1.79. The van der Waals surface area contributed by atoms with Crippen molar-refractivity contribution < 1.29 is 14.1 Å². The Labute approximate surface area is 189 Å². The lowest BCUT2D eigenvalue weighted by Gasteiger charge is -2.13. The zero-order valence-electron chi connectivity index (χ0n) is 18.0. The molecular formula is C24H29N2O3PS. The first-order valence-electron chi connectivity index (χ1n) is 10.6. The Kier molecular flexibility index (Phi) is 9.01. The van der Waals surface area contributed by atoms with Crippen LogP contribution >= 0.6 is 19.3 Å². The number of carbonyl (C=O) groups is 1. The van der Waals surface area contributed by atoms with Gasteiger partial charge >= 0.3 is 0 Å². The molecule has 2 aromatic heterocycles. The molecule has 0 saturated heterocycles. The van der Waals surface area contributed by atoms with Gasteiger partial charge in [-0.3, -0.25) is 4.79 Å². The van der Waals surface area contributed by atoms with Crippen LogP contribution in [0.15, 0.2) is 69.5 Å². The van der Waals surface area contributed by atoms with Crippen LogP contribution in [-0.4, -0.2) is 18.5 Å². The summed E-state index contributed by atoms with van der Waals surface area (Å²) >= 11 is 1.57. The summed E-state index contributed by atoms with van der Waals surface area (Å²) in [6.07, 6.45) is 6.13. The molecule has 1 N–H and O–H groups in total. The van der Waals surface area contributed by atoms with E-state index in [1.54, 1.807) is 23.9 Å². The molecule has 1 aromatic carbocycles. The third-order valence-electron chi connectivity index (χ3n) is 4.89. The minimum absolute atomic E-state index is 0.126. The Hall–Kier alpha value is -2.27.